The Balaban J connectivity index is 0.00000146. The second-order valence-corrected chi connectivity index (χ2v) is 7.81. The zero-order valence-corrected chi connectivity index (χ0v) is 15.3. The Morgan fingerprint density at radius 1 is 1.38 bits per heavy atom. The average Bonchev–Trinajstić information content (AvgIpc) is 3.13. The van der Waals surface area contributed by atoms with Crippen LogP contribution in [0.5, 0.6) is 0 Å². The molecule has 6 rings (SSSR count). The van der Waals surface area contributed by atoms with Crippen molar-refractivity contribution in [3.05, 3.63) is 23.9 Å². The van der Waals surface area contributed by atoms with Gasteiger partial charge in [-0.2, -0.15) is 4.37 Å². The lowest BCUT2D eigenvalue weighted by Gasteiger charge is -2.49. The molecule has 1 aromatic heterocycles. The molecular weight excluding hydrogens is 344 g/mol. The highest BCUT2D eigenvalue weighted by Crippen LogP contribution is 2.42. The van der Waals surface area contributed by atoms with Crippen LogP contribution in [0.1, 0.15) is 25.0 Å². The number of halogens is 1. The van der Waals surface area contributed by atoms with E-state index in [1.807, 2.05) is 6.92 Å². The summed E-state index contributed by atoms with van der Waals surface area (Å²) in [6.45, 7) is 5.54. The van der Waals surface area contributed by atoms with Gasteiger partial charge in [-0.05, 0) is 68.5 Å². The molecule has 4 aliphatic rings. The fourth-order valence-electron chi connectivity index (χ4n) is 4.30. The molecule has 0 amide bonds. The molecule has 4 saturated heterocycles. The van der Waals surface area contributed by atoms with Crippen molar-refractivity contribution < 1.29 is 4.84 Å². The predicted molar refractivity (Wildman–Crippen MR) is 99.4 cm³/mol. The van der Waals surface area contributed by atoms with Crippen LogP contribution < -0.4 is 5.48 Å². The molecule has 1 aromatic carbocycles. The number of nitrogens with one attached hydrogen (secondary N) is 1. The maximum Gasteiger partial charge on any atom is 0.129 e. The van der Waals surface area contributed by atoms with Crippen molar-refractivity contribution in [1.29, 1.82) is 0 Å². The molecule has 0 saturated carbocycles. The van der Waals surface area contributed by atoms with E-state index in [1.54, 1.807) is 0 Å². The molecule has 1 N–H and O–H groups in total. The topological polar surface area (TPSA) is 49.8 Å². The Bertz CT molecular complexity index is 799. The number of rotatable bonds is 1. The molecule has 2 bridgehead atoms. The van der Waals surface area contributed by atoms with E-state index in [0.29, 0.717) is 5.92 Å². The van der Waals surface area contributed by atoms with Gasteiger partial charge >= 0.3 is 0 Å². The van der Waals surface area contributed by atoms with E-state index in [4.69, 9.17) is 9.83 Å². The predicted octanol–water partition coefficient (Wildman–Crippen LogP) is 3.45. The van der Waals surface area contributed by atoms with E-state index in [-0.39, 0.29) is 18.0 Å². The third-order valence-corrected chi connectivity index (χ3v) is 6.46. The minimum atomic E-state index is -0.0550. The van der Waals surface area contributed by atoms with E-state index in [1.165, 1.54) is 47.5 Å². The van der Waals surface area contributed by atoms with Crippen molar-refractivity contribution in [1.82, 2.24) is 14.8 Å². The molecule has 0 radical (unpaired) electrons. The van der Waals surface area contributed by atoms with E-state index >= 15 is 0 Å². The van der Waals surface area contributed by atoms with Gasteiger partial charge in [-0.1, -0.05) is 0 Å². The fraction of sp³-hybridized carbons (Fsp3) is 0.529. The number of fused-ring (bicyclic) bond motifs is 3. The summed E-state index contributed by atoms with van der Waals surface area (Å²) in [5, 5.41) is 1.23. The first-order valence-corrected chi connectivity index (χ1v) is 9.09. The summed E-state index contributed by atoms with van der Waals surface area (Å²) in [5.41, 5.74) is 5.13. The number of hydroxylamine groups is 1. The first kappa shape index (κ1) is 16.3. The molecule has 5 heterocycles. The Labute approximate surface area is 151 Å². The number of hydrogen-bond donors (Lipinski definition) is 1. The lowest BCUT2D eigenvalue weighted by Crippen LogP contribution is -2.59. The summed E-state index contributed by atoms with van der Waals surface area (Å²) in [5.74, 6) is 1.62. The molecule has 4 fully saturated rings. The number of benzene rings is 1. The van der Waals surface area contributed by atoms with Crippen molar-refractivity contribution in [2.45, 2.75) is 31.8 Å². The van der Waals surface area contributed by atoms with E-state index in [2.05, 4.69) is 33.0 Å². The van der Waals surface area contributed by atoms with Crippen molar-refractivity contribution in [2.24, 2.45) is 10.9 Å². The highest BCUT2D eigenvalue weighted by molar-refractivity contribution is 7.13. The van der Waals surface area contributed by atoms with Crippen LogP contribution in [0.15, 0.2) is 23.2 Å². The van der Waals surface area contributed by atoms with Crippen LogP contribution in [0.2, 0.25) is 0 Å². The normalized spacial score (nSPS) is 33.1. The largest absolute Gasteiger partial charge is 0.300 e. The van der Waals surface area contributed by atoms with E-state index < -0.39 is 0 Å². The lowest BCUT2D eigenvalue weighted by molar-refractivity contribution is -0.150. The van der Waals surface area contributed by atoms with Crippen LogP contribution >= 0.6 is 23.9 Å². The summed E-state index contributed by atoms with van der Waals surface area (Å²) in [6.07, 6.45) is 3.40. The van der Waals surface area contributed by atoms with Gasteiger partial charge in [0.15, 0.2) is 0 Å². The number of piperidine rings is 3. The average molecular weight is 365 g/mol. The molecule has 24 heavy (non-hydrogen) atoms. The molecule has 0 unspecified atom stereocenters. The first-order valence-electron chi connectivity index (χ1n) is 8.32. The number of aryl methyl sites for hydroxylation is 1. The SMILES string of the molecule is Cc1nsc2cc(N=C3C[C@@]4(CN5CCC4CC5)ON3)ccc12.Cl. The van der Waals surface area contributed by atoms with Gasteiger partial charge in [0.1, 0.15) is 11.4 Å². The van der Waals surface area contributed by atoms with Crippen LogP contribution in [0.25, 0.3) is 10.1 Å². The smallest absolute Gasteiger partial charge is 0.129 e. The van der Waals surface area contributed by atoms with Gasteiger partial charge < -0.3 is 4.90 Å². The number of amidine groups is 1. The number of nitrogens with zero attached hydrogens (tertiary/aromatic N) is 3. The Kier molecular flexibility index (Phi) is 4.03. The third-order valence-electron chi connectivity index (χ3n) is 5.56. The van der Waals surface area contributed by atoms with Crippen LogP contribution in [-0.2, 0) is 4.84 Å². The first-order chi connectivity index (χ1) is 11.2. The molecule has 128 valence electrons. The Morgan fingerprint density at radius 3 is 2.96 bits per heavy atom. The zero-order chi connectivity index (χ0) is 15.4. The maximum atomic E-state index is 6.06. The summed E-state index contributed by atoms with van der Waals surface area (Å²) >= 11 is 1.54. The van der Waals surface area contributed by atoms with Crippen molar-refractivity contribution in [2.75, 3.05) is 19.6 Å². The number of aromatic nitrogens is 1. The van der Waals surface area contributed by atoms with Gasteiger partial charge in [0.2, 0.25) is 0 Å². The van der Waals surface area contributed by atoms with Gasteiger partial charge in [-0.25, -0.2) is 4.99 Å². The van der Waals surface area contributed by atoms with Crippen LogP contribution in [0.3, 0.4) is 0 Å². The fourth-order valence-corrected chi connectivity index (χ4v) is 5.12. The highest BCUT2D eigenvalue weighted by atomic mass is 35.5. The quantitative estimate of drug-likeness (QED) is 0.842. The van der Waals surface area contributed by atoms with Gasteiger partial charge in [0.05, 0.1) is 16.1 Å². The van der Waals surface area contributed by atoms with Crippen LogP contribution in [0, 0.1) is 12.8 Å². The lowest BCUT2D eigenvalue weighted by atomic mass is 9.74. The van der Waals surface area contributed by atoms with Crippen molar-refractivity contribution >= 4 is 45.5 Å². The second-order valence-electron chi connectivity index (χ2n) is 7.00. The molecular formula is C17H21ClN4OS. The van der Waals surface area contributed by atoms with Gasteiger partial charge in [-0.3, -0.25) is 10.3 Å². The Morgan fingerprint density at radius 2 is 2.21 bits per heavy atom. The summed E-state index contributed by atoms with van der Waals surface area (Å²) in [6, 6.07) is 6.31. The second kappa shape index (κ2) is 5.95. The number of hydrogen-bond acceptors (Lipinski definition) is 5. The molecule has 5 nitrogen and oxygen atoms in total. The van der Waals surface area contributed by atoms with Gasteiger partial charge in [0, 0.05) is 18.4 Å². The molecule has 0 aliphatic carbocycles. The standard InChI is InChI=1S/C17H20N4OS.ClH/c1-11-14-3-2-13(8-15(14)23-20-11)18-16-9-17(22-19-16)10-21-6-4-12(17)5-7-21;/h2-3,8,12H,4-7,9-10H2,1H3,(H,18,19);1H/t17-;/m0./s1. The molecule has 7 heteroatoms. The van der Waals surface area contributed by atoms with E-state index in [0.717, 1.165) is 30.2 Å². The molecule has 1 spiro atoms. The van der Waals surface area contributed by atoms with Crippen molar-refractivity contribution in [3.63, 3.8) is 0 Å². The summed E-state index contributed by atoms with van der Waals surface area (Å²) in [4.78, 5) is 13.4. The minimum Gasteiger partial charge on any atom is -0.300 e. The maximum absolute atomic E-state index is 6.06. The minimum absolute atomic E-state index is 0. The summed E-state index contributed by atoms with van der Waals surface area (Å²) in [7, 11) is 0. The monoisotopic (exact) mass is 364 g/mol. The number of aliphatic imine (C=N–C) groups is 1. The van der Waals surface area contributed by atoms with Gasteiger partial charge in [0.25, 0.3) is 0 Å². The summed E-state index contributed by atoms with van der Waals surface area (Å²) < 4.78 is 5.61. The Hall–Kier alpha value is -1.21. The highest BCUT2D eigenvalue weighted by Gasteiger charge is 2.52. The molecule has 1 atom stereocenters. The van der Waals surface area contributed by atoms with Crippen molar-refractivity contribution in [3.8, 4) is 0 Å². The van der Waals surface area contributed by atoms with Gasteiger partial charge in [-0.15, -0.1) is 12.4 Å². The van der Waals surface area contributed by atoms with E-state index in [9.17, 15) is 0 Å². The molecule has 2 aromatic rings. The molecule has 4 aliphatic heterocycles. The van der Waals surface area contributed by atoms with Crippen LogP contribution in [0.4, 0.5) is 5.69 Å². The zero-order valence-electron chi connectivity index (χ0n) is 13.6. The third kappa shape index (κ3) is 2.52. The van der Waals surface area contributed by atoms with Crippen LogP contribution in [-0.4, -0.2) is 40.3 Å².